The van der Waals surface area contributed by atoms with E-state index in [0.717, 1.165) is 29.0 Å². The Morgan fingerprint density at radius 1 is 1.00 bits per heavy atom. The van der Waals surface area contributed by atoms with Crippen molar-refractivity contribution >= 4 is 5.97 Å². The van der Waals surface area contributed by atoms with Crippen molar-refractivity contribution in [1.82, 2.24) is 4.98 Å². The fourth-order valence-electron chi connectivity index (χ4n) is 3.54. The number of carboxylic acid groups (broad SMARTS) is 1. The number of aromatic carboxylic acids is 1. The lowest BCUT2D eigenvalue weighted by atomic mass is 10.0. The molecule has 1 N–H and O–H groups in total. The Labute approximate surface area is 189 Å². The molecule has 3 aromatic rings. The number of ether oxygens (including phenoxy) is 2. The fraction of sp³-hybridized carbons (Fsp3) is 0.385. The van der Waals surface area contributed by atoms with Crippen LogP contribution in [0.25, 0.3) is 11.5 Å². The lowest BCUT2D eigenvalue weighted by Crippen LogP contribution is -2.08. The smallest absolute Gasteiger partial charge is 0.336 e. The zero-order valence-electron chi connectivity index (χ0n) is 19.2. The molecule has 1 heterocycles. The Bertz CT molecular complexity index is 1070. The van der Waals surface area contributed by atoms with Crippen LogP contribution in [-0.2, 0) is 29.1 Å². The van der Waals surface area contributed by atoms with E-state index in [0.29, 0.717) is 43.3 Å². The van der Waals surface area contributed by atoms with E-state index < -0.39 is 5.97 Å². The minimum Gasteiger partial charge on any atom is -0.478 e. The molecule has 0 bridgehead atoms. The lowest BCUT2D eigenvalue weighted by molar-refractivity contribution is 0.0639. The molecule has 0 aliphatic rings. The number of rotatable bonds is 11. The van der Waals surface area contributed by atoms with Crippen molar-refractivity contribution in [2.75, 3.05) is 13.2 Å². The quantitative estimate of drug-likeness (QED) is 0.390. The summed E-state index contributed by atoms with van der Waals surface area (Å²) in [5.74, 6) is 0.541. The van der Waals surface area contributed by atoms with Gasteiger partial charge in [-0.2, -0.15) is 0 Å². The Hall–Kier alpha value is -2.96. The molecule has 0 saturated heterocycles. The van der Waals surface area contributed by atoms with Gasteiger partial charge in [-0.1, -0.05) is 31.2 Å². The maximum absolute atomic E-state index is 11.4. The maximum atomic E-state index is 11.4. The molecule has 0 spiro atoms. The third kappa shape index (κ3) is 5.84. The van der Waals surface area contributed by atoms with Crippen molar-refractivity contribution in [3.05, 3.63) is 75.7 Å². The van der Waals surface area contributed by atoms with Crippen LogP contribution in [0.5, 0.6) is 0 Å². The highest BCUT2D eigenvalue weighted by molar-refractivity contribution is 5.91. The molecule has 0 aliphatic carbocycles. The second-order valence-corrected chi connectivity index (χ2v) is 7.91. The van der Waals surface area contributed by atoms with Gasteiger partial charge in [0.1, 0.15) is 11.5 Å². The number of benzene rings is 2. The number of carboxylic acids is 1. The molecule has 0 atom stereocenters. The van der Waals surface area contributed by atoms with Crippen LogP contribution < -0.4 is 0 Å². The van der Waals surface area contributed by atoms with Crippen molar-refractivity contribution < 1.29 is 23.8 Å². The van der Waals surface area contributed by atoms with Crippen LogP contribution in [0.4, 0.5) is 0 Å². The van der Waals surface area contributed by atoms with Crippen molar-refractivity contribution in [1.29, 1.82) is 0 Å². The number of aromatic nitrogens is 1. The SMILES string of the molecule is CCc1oc(-c2ccc(C)c(C)c2)nc1COCCCOCc1cccc(C)c1C(=O)O. The molecule has 3 rings (SSSR count). The second kappa shape index (κ2) is 11.1. The maximum Gasteiger partial charge on any atom is 0.336 e. The predicted molar refractivity (Wildman–Crippen MR) is 123 cm³/mol. The van der Waals surface area contributed by atoms with Gasteiger partial charge in [-0.15, -0.1) is 0 Å². The molecule has 0 aliphatic heterocycles. The minimum absolute atomic E-state index is 0.270. The van der Waals surface area contributed by atoms with E-state index in [1.165, 1.54) is 11.1 Å². The summed E-state index contributed by atoms with van der Waals surface area (Å²) in [6.45, 7) is 9.66. The summed E-state index contributed by atoms with van der Waals surface area (Å²) >= 11 is 0. The molecule has 0 fully saturated rings. The topological polar surface area (TPSA) is 81.8 Å². The first-order valence-corrected chi connectivity index (χ1v) is 10.9. The highest BCUT2D eigenvalue weighted by atomic mass is 16.5. The van der Waals surface area contributed by atoms with Crippen LogP contribution in [0, 0.1) is 20.8 Å². The molecule has 1 aromatic heterocycles. The van der Waals surface area contributed by atoms with Crippen LogP contribution in [0.1, 0.15) is 57.4 Å². The number of hydrogen-bond acceptors (Lipinski definition) is 5. The van der Waals surface area contributed by atoms with E-state index in [9.17, 15) is 9.90 Å². The molecule has 6 heteroatoms. The van der Waals surface area contributed by atoms with Gasteiger partial charge in [-0.3, -0.25) is 0 Å². The summed E-state index contributed by atoms with van der Waals surface area (Å²) in [6.07, 6.45) is 1.46. The first-order valence-electron chi connectivity index (χ1n) is 10.9. The molecule has 0 radical (unpaired) electrons. The van der Waals surface area contributed by atoms with Gasteiger partial charge in [0.25, 0.3) is 0 Å². The van der Waals surface area contributed by atoms with Crippen LogP contribution in [0.15, 0.2) is 40.8 Å². The monoisotopic (exact) mass is 437 g/mol. The normalized spacial score (nSPS) is 11.1. The van der Waals surface area contributed by atoms with Crippen molar-refractivity contribution in [3.63, 3.8) is 0 Å². The van der Waals surface area contributed by atoms with Gasteiger partial charge >= 0.3 is 5.97 Å². The average molecular weight is 438 g/mol. The van der Waals surface area contributed by atoms with E-state index in [1.807, 2.05) is 19.1 Å². The zero-order valence-corrected chi connectivity index (χ0v) is 19.2. The fourth-order valence-corrected chi connectivity index (χ4v) is 3.54. The predicted octanol–water partition coefficient (Wildman–Crippen LogP) is 5.65. The summed E-state index contributed by atoms with van der Waals surface area (Å²) in [6, 6.07) is 11.6. The molecule has 0 amide bonds. The number of oxazole rings is 1. The van der Waals surface area contributed by atoms with Gasteiger partial charge in [-0.25, -0.2) is 9.78 Å². The van der Waals surface area contributed by atoms with E-state index in [4.69, 9.17) is 13.9 Å². The van der Waals surface area contributed by atoms with Gasteiger partial charge < -0.3 is 19.0 Å². The molecule has 2 aromatic carbocycles. The largest absolute Gasteiger partial charge is 0.478 e. The third-order valence-corrected chi connectivity index (χ3v) is 5.50. The summed E-state index contributed by atoms with van der Waals surface area (Å²) in [7, 11) is 0. The van der Waals surface area contributed by atoms with Crippen molar-refractivity contribution in [2.24, 2.45) is 0 Å². The molecule has 32 heavy (non-hydrogen) atoms. The first kappa shape index (κ1) is 23.7. The summed E-state index contributed by atoms with van der Waals surface area (Å²) in [4.78, 5) is 16.1. The number of nitrogens with zero attached hydrogens (tertiary/aromatic N) is 1. The highest BCUT2D eigenvalue weighted by Gasteiger charge is 2.15. The summed E-state index contributed by atoms with van der Waals surface area (Å²) in [5, 5.41) is 9.38. The standard InChI is InChI=1S/C26H31NO5/c1-5-23-22(27-25(32-23)20-11-10-17(2)19(4)14-20)16-31-13-7-12-30-15-21-9-6-8-18(3)24(21)26(28)29/h6,8-11,14H,5,7,12-13,15-16H2,1-4H3,(H,28,29). The Kier molecular flexibility index (Phi) is 8.20. The van der Waals surface area contributed by atoms with Crippen molar-refractivity contribution in [3.8, 4) is 11.5 Å². The Morgan fingerprint density at radius 3 is 2.44 bits per heavy atom. The van der Waals surface area contributed by atoms with Crippen molar-refractivity contribution in [2.45, 2.75) is 53.8 Å². The van der Waals surface area contributed by atoms with E-state index in [2.05, 4.69) is 31.0 Å². The molecule has 0 unspecified atom stereocenters. The molecule has 170 valence electrons. The van der Waals surface area contributed by atoms with Crippen LogP contribution in [-0.4, -0.2) is 29.3 Å². The second-order valence-electron chi connectivity index (χ2n) is 7.91. The van der Waals surface area contributed by atoms with Crippen LogP contribution in [0.3, 0.4) is 0 Å². The van der Waals surface area contributed by atoms with E-state index >= 15 is 0 Å². The zero-order chi connectivity index (χ0) is 23.1. The molecular weight excluding hydrogens is 406 g/mol. The van der Waals surface area contributed by atoms with Gasteiger partial charge in [-0.05, 0) is 61.6 Å². The number of carbonyl (C=O) groups is 1. The first-order chi connectivity index (χ1) is 15.4. The lowest BCUT2D eigenvalue weighted by Gasteiger charge is -2.10. The number of aryl methyl sites for hydroxylation is 4. The minimum atomic E-state index is -0.926. The molecule has 0 saturated carbocycles. The average Bonchev–Trinajstić information content (AvgIpc) is 3.18. The summed E-state index contributed by atoms with van der Waals surface area (Å²) in [5.41, 5.74) is 5.99. The van der Waals surface area contributed by atoms with Gasteiger partial charge in [0.2, 0.25) is 5.89 Å². The van der Waals surface area contributed by atoms with Crippen LogP contribution in [0.2, 0.25) is 0 Å². The van der Waals surface area contributed by atoms with Gasteiger partial charge in [0, 0.05) is 25.2 Å². The van der Waals surface area contributed by atoms with E-state index in [1.54, 1.807) is 19.1 Å². The van der Waals surface area contributed by atoms with E-state index in [-0.39, 0.29) is 6.61 Å². The van der Waals surface area contributed by atoms with Crippen LogP contribution >= 0.6 is 0 Å². The van der Waals surface area contributed by atoms with Gasteiger partial charge in [0.05, 0.1) is 18.8 Å². The summed E-state index contributed by atoms with van der Waals surface area (Å²) < 4.78 is 17.4. The Morgan fingerprint density at radius 2 is 1.75 bits per heavy atom. The Balaban J connectivity index is 1.46. The molecular formula is C26H31NO5. The van der Waals surface area contributed by atoms with Gasteiger partial charge in [0.15, 0.2) is 0 Å². The highest BCUT2D eigenvalue weighted by Crippen LogP contribution is 2.25. The molecule has 6 nitrogen and oxygen atoms in total. The third-order valence-electron chi connectivity index (χ3n) is 5.50. The number of hydrogen-bond donors (Lipinski definition) is 1.